The fourth-order valence-corrected chi connectivity index (χ4v) is 2.95. The first-order valence-corrected chi connectivity index (χ1v) is 7.21. The van der Waals surface area contributed by atoms with Gasteiger partial charge in [-0.25, -0.2) is 0 Å². The maximum Gasteiger partial charge on any atom is 0.162 e. The standard InChI is InChI=1S/C15H22N2O2/c18-14-3-1-2-12(15(14)19)13(10-11-4-5-11)17-8-6-16-7-9-17/h1-3,11,13,16,18-19H,4-10H2/t13-/m1/s1. The summed E-state index contributed by atoms with van der Waals surface area (Å²) in [5.74, 6) is 0.849. The smallest absolute Gasteiger partial charge is 0.162 e. The van der Waals surface area contributed by atoms with Gasteiger partial charge in [-0.05, 0) is 18.4 Å². The van der Waals surface area contributed by atoms with Crippen molar-refractivity contribution in [2.24, 2.45) is 5.92 Å². The lowest BCUT2D eigenvalue weighted by Crippen LogP contribution is -2.45. The van der Waals surface area contributed by atoms with Gasteiger partial charge >= 0.3 is 0 Å². The third-order valence-electron chi connectivity index (χ3n) is 4.25. The van der Waals surface area contributed by atoms with Gasteiger partial charge in [-0.1, -0.05) is 25.0 Å². The van der Waals surface area contributed by atoms with E-state index >= 15 is 0 Å². The number of phenols is 2. The van der Waals surface area contributed by atoms with Crippen molar-refractivity contribution in [3.8, 4) is 11.5 Å². The van der Waals surface area contributed by atoms with Gasteiger partial charge < -0.3 is 15.5 Å². The molecule has 1 aliphatic carbocycles. The minimum absolute atomic E-state index is 0.00608. The second kappa shape index (κ2) is 5.39. The zero-order valence-electron chi connectivity index (χ0n) is 11.2. The van der Waals surface area contributed by atoms with Crippen LogP contribution in [-0.4, -0.2) is 41.3 Å². The Bertz CT molecular complexity index is 440. The Morgan fingerprint density at radius 1 is 1.21 bits per heavy atom. The molecule has 3 rings (SSSR count). The third-order valence-corrected chi connectivity index (χ3v) is 4.25. The minimum atomic E-state index is -0.00608. The van der Waals surface area contributed by atoms with E-state index in [9.17, 15) is 10.2 Å². The second-order valence-electron chi connectivity index (χ2n) is 5.70. The van der Waals surface area contributed by atoms with Gasteiger partial charge in [0.2, 0.25) is 0 Å². The van der Waals surface area contributed by atoms with E-state index in [0.29, 0.717) is 0 Å². The Morgan fingerprint density at radius 3 is 2.63 bits per heavy atom. The summed E-state index contributed by atoms with van der Waals surface area (Å²) in [5.41, 5.74) is 0.883. The summed E-state index contributed by atoms with van der Waals surface area (Å²) in [6.45, 7) is 4.01. The van der Waals surface area contributed by atoms with Crippen molar-refractivity contribution >= 4 is 0 Å². The van der Waals surface area contributed by atoms with Gasteiger partial charge in [-0.2, -0.15) is 0 Å². The highest BCUT2D eigenvalue weighted by atomic mass is 16.3. The molecule has 0 radical (unpaired) electrons. The maximum atomic E-state index is 10.1. The second-order valence-corrected chi connectivity index (χ2v) is 5.70. The van der Waals surface area contributed by atoms with Crippen molar-refractivity contribution in [1.82, 2.24) is 10.2 Å². The molecule has 1 aromatic carbocycles. The van der Waals surface area contributed by atoms with Gasteiger partial charge in [0.15, 0.2) is 11.5 Å². The van der Waals surface area contributed by atoms with E-state index in [4.69, 9.17) is 0 Å². The van der Waals surface area contributed by atoms with E-state index in [0.717, 1.165) is 44.1 Å². The molecule has 1 heterocycles. The molecule has 1 saturated heterocycles. The van der Waals surface area contributed by atoms with Crippen molar-refractivity contribution in [2.75, 3.05) is 26.2 Å². The summed E-state index contributed by atoms with van der Waals surface area (Å²) >= 11 is 0. The average Bonchev–Trinajstić information content (AvgIpc) is 3.25. The van der Waals surface area contributed by atoms with Crippen LogP contribution < -0.4 is 5.32 Å². The molecule has 0 aromatic heterocycles. The van der Waals surface area contributed by atoms with E-state index in [-0.39, 0.29) is 17.5 Å². The van der Waals surface area contributed by atoms with E-state index < -0.39 is 0 Å². The molecule has 4 heteroatoms. The van der Waals surface area contributed by atoms with Gasteiger partial charge in [0.1, 0.15) is 0 Å². The molecule has 0 bridgehead atoms. The predicted molar refractivity (Wildman–Crippen MR) is 74.3 cm³/mol. The highest BCUT2D eigenvalue weighted by Gasteiger charge is 2.32. The van der Waals surface area contributed by atoms with Gasteiger partial charge in [0.05, 0.1) is 0 Å². The Labute approximate surface area is 114 Å². The molecule has 19 heavy (non-hydrogen) atoms. The number of benzene rings is 1. The molecular formula is C15H22N2O2. The quantitative estimate of drug-likeness (QED) is 0.725. The van der Waals surface area contributed by atoms with E-state index in [1.165, 1.54) is 12.8 Å². The van der Waals surface area contributed by atoms with Crippen LogP contribution in [0.15, 0.2) is 18.2 Å². The van der Waals surface area contributed by atoms with Crippen LogP contribution in [0.5, 0.6) is 11.5 Å². The summed E-state index contributed by atoms with van der Waals surface area (Å²) in [4.78, 5) is 2.43. The van der Waals surface area contributed by atoms with E-state index in [1.54, 1.807) is 6.07 Å². The summed E-state index contributed by atoms with van der Waals surface area (Å²) in [5, 5.41) is 23.2. The average molecular weight is 262 g/mol. The largest absolute Gasteiger partial charge is 0.504 e. The van der Waals surface area contributed by atoms with Crippen LogP contribution in [0.2, 0.25) is 0 Å². The lowest BCUT2D eigenvalue weighted by atomic mass is 9.97. The molecular weight excluding hydrogens is 240 g/mol. The van der Waals surface area contributed by atoms with Gasteiger partial charge in [-0.15, -0.1) is 0 Å². The van der Waals surface area contributed by atoms with Crippen LogP contribution in [0.1, 0.15) is 30.9 Å². The SMILES string of the molecule is Oc1cccc([C@@H](CC2CC2)N2CCNCC2)c1O. The number of nitrogens with one attached hydrogen (secondary N) is 1. The predicted octanol–water partition coefficient (Wildman–Crippen LogP) is 1.84. The van der Waals surface area contributed by atoms with Gasteiger partial charge in [0.25, 0.3) is 0 Å². The Hall–Kier alpha value is -1.26. The number of phenolic OH excluding ortho intramolecular Hbond substituents is 2. The van der Waals surface area contributed by atoms with E-state index in [1.807, 2.05) is 12.1 Å². The van der Waals surface area contributed by atoms with Crippen molar-refractivity contribution < 1.29 is 10.2 Å². The molecule has 1 atom stereocenters. The van der Waals surface area contributed by atoms with E-state index in [2.05, 4.69) is 10.2 Å². The van der Waals surface area contributed by atoms with Crippen LogP contribution >= 0.6 is 0 Å². The Morgan fingerprint density at radius 2 is 1.95 bits per heavy atom. The van der Waals surface area contributed by atoms with Crippen LogP contribution in [0.4, 0.5) is 0 Å². The monoisotopic (exact) mass is 262 g/mol. The molecule has 1 aromatic rings. The minimum Gasteiger partial charge on any atom is -0.504 e. The highest BCUT2D eigenvalue weighted by molar-refractivity contribution is 5.46. The topological polar surface area (TPSA) is 55.7 Å². The number of nitrogens with zero attached hydrogens (tertiary/aromatic N) is 1. The summed E-state index contributed by atoms with van der Waals surface area (Å²) in [6, 6.07) is 5.56. The van der Waals surface area contributed by atoms with Gasteiger partial charge in [0, 0.05) is 37.8 Å². The Kier molecular flexibility index (Phi) is 3.62. The van der Waals surface area contributed by atoms with Crippen LogP contribution in [0.3, 0.4) is 0 Å². The number of rotatable bonds is 4. The molecule has 2 aliphatic rings. The van der Waals surface area contributed by atoms with Crippen molar-refractivity contribution in [3.05, 3.63) is 23.8 Å². The first-order valence-electron chi connectivity index (χ1n) is 7.21. The zero-order chi connectivity index (χ0) is 13.2. The summed E-state index contributed by atoms with van der Waals surface area (Å²) < 4.78 is 0. The normalized spacial score (nSPS) is 22.3. The molecule has 4 nitrogen and oxygen atoms in total. The molecule has 1 aliphatic heterocycles. The summed E-state index contributed by atoms with van der Waals surface area (Å²) in [7, 11) is 0. The number of hydrogen-bond donors (Lipinski definition) is 3. The van der Waals surface area contributed by atoms with Crippen LogP contribution in [0, 0.1) is 5.92 Å². The first kappa shape index (κ1) is 12.8. The maximum absolute atomic E-state index is 10.1. The molecule has 104 valence electrons. The number of para-hydroxylation sites is 1. The fraction of sp³-hybridized carbons (Fsp3) is 0.600. The molecule has 1 saturated carbocycles. The molecule has 0 unspecified atom stereocenters. The Balaban J connectivity index is 1.86. The lowest BCUT2D eigenvalue weighted by molar-refractivity contribution is 0.157. The molecule has 0 amide bonds. The molecule has 3 N–H and O–H groups in total. The fourth-order valence-electron chi connectivity index (χ4n) is 2.95. The number of hydrogen-bond acceptors (Lipinski definition) is 4. The first-order chi connectivity index (χ1) is 9.25. The third kappa shape index (κ3) is 2.85. The molecule has 0 spiro atoms. The highest BCUT2D eigenvalue weighted by Crippen LogP contribution is 2.43. The zero-order valence-corrected chi connectivity index (χ0v) is 11.2. The number of aromatic hydroxyl groups is 2. The van der Waals surface area contributed by atoms with Crippen molar-refractivity contribution in [3.63, 3.8) is 0 Å². The lowest BCUT2D eigenvalue weighted by Gasteiger charge is -2.35. The summed E-state index contributed by atoms with van der Waals surface area (Å²) in [6.07, 6.45) is 3.71. The van der Waals surface area contributed by atoms with Crippen molar-refractivity contribution in [1.29, 1.82) is 0 Å². The van der Waals surface area contributed by atoms with Gasteiger partial charge in [-0.3, -0.25) is 4.90 Å². The van der Waals surface area contributed by atoms with Crippen LogP contribution in [-0.2, 0) is 0 Å². The number of piperazine rings is 1. The van der Waals surface area contributed by atoms with Crippen LogP contribution in [0.25, 0.3) is 0 Å². The van der Waals surface area contributed by atoms with Crippen molar-refractivity contribution in [2.45, 2.75) is 25.3 Å². The molecule has 2 fully saturated rings.